The van der Waals surface area contributed by atoms with Gasteiger partial charge in [0.1, 0.15) is 4.90 Å². The number of anilines is 1. The molecule has 2 aromatic carbocycles. The topological polar surface area (TPSA) is 122 Å². The van der Waals surface area contributed by atoms with Crippen molar-refractivity contribution in [2.75, 3.05) is 11.9 Å². The number of hydrogen-bond donors (Lipinski definition) is 4. The summed E-state index contributed by atoms with van der Waals surface area (Å²) < 4.78 is 29.4. The number of aliphatic hydroxyl groups is 1. The van der Waals surface area contributed by atoms with Crippen molar-refractivity contribution in [3.63, 3.8) is 0 Å². The van der Waals surface area contributed by atoms with Crippen LogP contribution in [0, 0.1) is 5.41 Å². The summed E-state index contributed by atoms with van der Waals surface area (Å²) in [6.07, 6.45) is 4.69. The first-order chi connectivity index (χ1) is 15.7. The molecule has 4 rings (SSSR count). The van der Waals surface area contributed by atoms with Crippen molar-refractivity contribution in [2.24, 2.45) is 11.1 Å². The average Bonchev–Trinajstić information content (AvgIpc) is 2.70. The van der Waals surface area contributed by atoms with Crippen LogP contribution in [0.5, 0.6) is 0 Å². The molecule has 7 nitrogen and oxygen atoms in total. The summed E-state index contributed by atoms with van der Waals surface area (Å²) in [6.45, 7) is -0.0914. The van der Waals surface area contributed by atoms with Gasteiger partial charge in [-0.15, -0.1) is 0 Å². The monoisotopic (exact) mass is 491 g/mol. The van der Waals surface area contributed by atoms with Gasteiger partial charge in [0.05, 0.1) is 23.1 Å². The minimum Gasteiger partial charge on any atom is -0.394 e. The van der Waals surface area contributed by atoms with Gasteiger partial charge in [-0.3, -0.25) is 4.79 Å². The molecule has 33 heavy (non-hydrogen) atoms. The maximum atomic E-state index is 13.3. The minimum atomic E-state index is -3.97. The predicted molar refractivity (Wildman–Crippen MR) is 128 cm³/mol. The Bertz CT molecular complexity index is 1120. The van der Waals surface area contributed by atoms with Crippen molar-refractivity contribution in [3.8, 4) is 0 Å². The summed E-state index contributed by atoms with van der Waals surface area (Å²) in [4.78, 5) is 12.2. The number of aliphatic hydroxyl groups excluding tert-OH is 1. The standard InChI is InChI=1S/C24H30ClN3O4S/c25-20-15-18(27-19(16-29)14-17-6-2-1-3-7-17)8-9-21(20)33(31,32)28-24(12-5-13-24)23(22(26)30)10-4-11-23/h1-3,6-9,15,19,27-29H,4-5,10-14,16H2,(H2,26,30)/t19-/m1/s1. The largest absolute Gasteiger partial charge is 0.394 e. The molecule has 2 aromatic rings. The second-order valence-corrected chi connectivity index (χ2v) is 11.3. The zero-order valence-corrected chi connectivity index (χ0v) is 20.0. The molecule has 0 bridgehead atoms. The fraction of sp³-hybridized carbons (Fsp3) is 0.458. The number of nitrogens with one attached hydrogen (secondary N) is 2. The van der Waals surface area contributed by atoms with Crippen LogP contribution in [0.25, 0.3) is 0 Å². The summed E-state index contributed by atoms with van der Waals surface area (Å²) >= 11 is 6.40. The number of carbonyl (C=O) groups is 1. The van der Waals surface area contributed by atoms with Gasteiger partial charge in [-0.05, 0) is 62.3 Å². The molecule has 5 N–H and O–H groups in total. The molecule has 9 heteroatoms. The predicted octanol–water partition coefficient (Wildman–Crippen LogP) is 3.21. The van der Waals surface area contributed by atoms with Gasteiger partial charge in [0.2, 0.25) is 15.9 Å². The Kier molecular flexibility index (Phi) is 6.73. The van der Waals surface area contributed by atoms with E-state index in [1.807, 2.05) is 30.3 Å². The Morgan fingerprint density at radius 2 is 1.76 bits per heavy atom. The van der Waals surface area contributed by atoms with Crippen LogP contribution in [-0.4, -0.2) is 37.6 Å². The van der Waals surface area contributed by atoms with Gasteiger partial charge in [-0.1, -0.05) is 48.4 Å². The Labute approximate surface area is 199 Å². The highest BCUT2D eigenvalue weighted by Gasteiger charge is 2.62. The molecule has 0 aromatic heterocycles. The van der Waals surface area contributed by atoms with E-state index in [0.717, 1.165) is 18.4 Å². The zero-order chi connectivity index (χ0) is 23.7. The van der Waals surface area contributed by atoms with E-state index in [1.54, 1.807) is 12.1 Å². The van der Waals surface area contributed by atoms with Crippen molar-refractivity contribution in [1.29, 1.82) is 0 Å². The average molecular weight is 492 g/mol. The fourth-order valence-electron chi connectivity index (χ4n) is 5.12. The highest BCUT2D eigenvalue weighted by atomic mass is 35.5. The molecule has 2 fully saturated rings. The number of halogens is 1. The number of carbonyl (C=O) groups excluding carboxylic acids is 1. The van der Waals surface area contributed by atoms with E-state index in [-0.39, 0.29) is 22.6 Å². The Morgan fingerprint density at radius 1 is 1.09 bits per heavy atom. The third-order valence-corrected chi connectivity index (χ3v) is 9.29. The van der Waals surface area contributed by atoms with Gasteiger partial charge in [0, 0.05) is 11.2 Å². The van der Waals surface area contributed by atoms with Crippen molar-refractivity contribution in [2.45, 2.75) is 61.4 Å². The molecule has 2 aliphatic carbocycles. The first-order valence-electron chi connectivity index (χ1n) is 11.3. The molecular weight excluding hydrogens is 462 g/mol. The lowest BCUT2D eigenvalue weighted by Crippen LogP contribution is -2.70. The smallest absolute Gasteiger partial charge is 0.242 e. The molecule has 0 unspecified atom stereocenters. The van der Waals surface area contributed by atoms with Crippen molar-refractivity contribution < 1.29 is 18.3 Å². The maximum absolute atomic E-state index is 13.3. The van der Waals surface area contributed by atoms with Gasteiger partial charge >= 0.3 is 0 Å². The molecule has 0 aliphatic heterocycles. The van der Waals surface area contributed by atoms with Gasteiger partial charge < -0.3 is 16.2 Å². The molecule has 1 atom stereocenters. The zero-order valence-electron chi connectivity index (χ0n) is 18.4. The summed E-state index contributed by atoms with van der Waals surface area (Å²) in [5.74, 6) is -0.435. The molecule has 1 amide bonds. The molecule has 0 radical (unpaired) electrons. The van der Waals surface area contributed by atoms with E-state index in [9.17, 15) is 18.3 Å². The third-order valence-electron chi connectivity index (χ3n) is 7.27. The number of rotatable bonds is 10. The molecule has 2 aliphatic rings. The molecule has 0 saturated heterocycles. The Hall–Kier alpha value is -2.13. The normalized spacial score (nSPS) is 19.7. The van der Waals surface area contributed by atoms with Crippen LogP contribution in [0.4, 0.5) is 5.69 Å². The SMILES string of the molecule is NC(=O)C1(C2(NS(=O)(=O)c3ccc(N[C@@H](CO)Cc4ccccc4)cc3Cl)CCC2)CCC1. The van der Waals surface area contributed by atoms with E-state index < -0.39 is 26.9 Å². The van der Waals surface area contributed by atoms with Crippen LogP contribution in [0.3, 0.4) is 0 Å². The Balaban J connectivity index is 1.51. The van der Waals surface area contributed by atoms with Crippen LogP contribution in [0.15, 0.2) is 53.4 Å². The van der Waals surface area contributed by atoms with E-state index in [2.05, 4.69) is 10.0 Å². The highest BCUT2D eigenvalue weighted by molar-refractivity contribution is 7.89. The number of nitrogens with two attached hydrogens (primary N) is 1. The first-order valence-corrected chi connectivity index (χ1v) is 13.1. The van der Waals surface area contributed by atoms with Crippen LogP contribution >= 0.6 is 11.6 Å². The van der Waals surface area contributed by atoms with E-state index >= 15 is 0 Å². The van der Waals surface area contributed by atoms with Crippen LogP contribution in [-0.2, 0) is 21.2 Å². The molecular formula is C24H30ClN3O4S. The maximum Gasteiger partial charge on any atom is 0.242 e. The molecule has 2 saturated carbocycles. The quantitative estimate of drug-likeness (QED) is 0.406. The minimum absolute atomic E-state index is 0.0384. The van der Waals surface area contributed by atoms with E-state index in [0.29, 0.717) is 37.8 Å². The number of hydrogen-bond acceptors (Lipinski definition) is 5. The van der Waals surface area contributed by atoms with E-state index in [4.69, 9.17) is 17.3 Å². The lowest BCUT2D eigenvalue weighted by Gasteiger charge is -2.58. The van der Waals surface area contributed by atoms with Gasteiger partial charge in [0.25, 0.3) is 0 Å². The number of sulfonamides is 1. The van der Waals surface area contributed by atoms with Crippen LogP contribution < -0.4 is 15.8 Å². The van der Waals surface area contributed by atoms with Crippen LogP contribution in [0.1, 0.15) is 44.1 Å². The number of benzene rings is 2. The molecule has 0 spiro atoms. The van der Waals surface area contributed by atoms with Crippen molar-refractivity contribution in [3.05, 3.63) is 59.1 Å². The first kappa shape index (κ1) is 24.0. The van der Waals surface area contributed by atoms with Crippen molar-refractivity contribution in [1.82, 2.24) is 4.72 Å². The van der Waals surface area contributed by atoms with Gasteiger partial charge in [-0.25, -0.2) is 13.1 Å². The molecule has 0 heterocycles. The summed E-state index contributed by atoms with van der Waals surface area (Å²) in [5, 5.41) is 13.1. The fourth-order valence-corrected chi connectivity index (χ4v) is 7.19. The van der Waals surface area contributed by atoms with Gasteiger partial charge in [-0.2, -0.15) is 0 Å². The van der Waals surface area contributed by atoms with Crippen LogP contribution in [0.2, 0.25) is 5.02 Å². The van der Waals surface area contributed by atoms with Gasteiger partial charge in [0.15, 0.2) is 0 Å². The van der Waals surface area contributed by atoms with Crippen molar-refractivity contribution >= 4 is 33.2 Å². The third kappa shape index (κ3) is 4.49. The summed E-state index contributed by atoms with van der Waals surface area (Å²) in [6, 6.07) is 14.2. The number of amides is 1. The lowest BCUT2D eigenvalue weighted by atomic mass is 9.50. The summed E-state index contributed by atoms with van der Waals surface area (Å²) in [7, 11) is -3.97. The number of primary amides is 1. The van der Waals surface area contributed by atoms with E-state index in [1.165, 1.54) is 6.07 Å². The second-order valence-electron chi connectivity index (χ2n) is 9.20. The summed E-state index contributed by atoms with van der Waals surface area (Å²) in [5.41, 5.74) is 5.74. The second kappa shape index (κ2) is 9.25. The molecule has 178 valence electrons. The highest BCUT2D eigenvalue weighted by Crippen LogP contribution is 2.57. The lowest BCUT2D eigenvalue weighted by molar-refractivity contribution is -0.144. The Morgan fingerprint density at radius 3 is 2.24 bits per heavy atom.